The highest BCUT2D eigenvalue weighted by molar-refractivity contribution is 5.95. The van der Waals surface area contributed by atoms with Gasteiger partial charge in [-0.3, -0.25) is 4.79 Å². The summed E-state index contributed by atoms with van der Waals surface area (Å²) in [7, 11) is 0. The Balaban J connectivity index is 1.72. The Bertz CT molecular complexity index is 681. The molecule has 0 bridgehead atoms. The topological polar surface area (TPSA) is 58.4 Å². The third-order valence-electron chi connectivity index (χ3n) is 3.87. The van der Waals surface area contributed by atoms with E-state index < -0.39 is 0 Å². The van der Waals surface area contributed by atoms with E-state index in [-0.39, 0.29) is 5.91 Å². The zero-order valence-corrected chi connectivity index (χ0v) is 12.1. The van der Waals surface area contributed by atoms with Crippen LogP contribution in [-0.2, 0) is 11.2 Å². The third-order valence-corrected chi connectivity index (χ3v) is 3.87. The number of nitrogens with two attached hydrogens (primary N) is 1. The minimum Gasteiger partial charge on any atom is -0.397 e. The van der Waals surface area contributed by atoms with E-state index in [4.69, 9.17) is 5.73 Å². The fourth-order valence-electron chi connectivity index (χ4n) is 2.80. The number of nitrogen functional groups attached to an aromatic ring is 1. The van der Waals surface area contributed by atoms with Gasteiger partial charge in [0.2, 0.25) is 5.91 Å². The molecule has 4 nitrogen and oxygen atoms in total. The second-order valence-electron chi connectivity index (χ2n) is 5.39. The molecular formula is C17H19N3O. The van der Waals surface area contributed by atoms with Gasteiger partial charge < -0.3 is 16.0 Å². The van der Waals surface area contributed by atoms with Crippen molar-refractivity contribution in [1.82, 2.24) is 0 Å². The molecule has 2 aromatic rings. The van der Waals surface area contributed by atoms with Crippen LogP contribution in [0.1, 0.15) is 11.1 Å². The second-order valence-corrected chi connectivity index (χ2v) is 5.39. The minimum absolute atomic E-state index is 0.0135. The summed E-state index contributed by atoms with van der Waals surface area (Å²) in [5, 5.41) is 2.97. The summed E-state index contributed by atoms with van der Waals surface area (Å²) >= 11 is 0. The van der Waals surface area contributed by atoms with E-state index in [1.54, 1.807) is 0 Å². The van der Waals surface area contributed by atoms with Crippen molar-refractivity contribution in [3.05, 3.63) is 53.6 Å². The van der Waals surface area contributed by atoms with Crippen molar-refractivity contribution >= 4 is 23.0 Å². The molecule has 21 heavy (non-hydrogen) atoms. The van der Waals surface area contributed by atoms with Gasteiger partial charge in [-0.15, -0.1) is 0 Å². The van der Waals surface area contributed by atoms with Crippen LogP contribution < -0.4 is 16.0 Å². The van der Waals surface area contributed by atoms with E-state index in [9.17, 15) is 4.79 Å². The van der Waals surface area contributed by atoms with Gasteiger partial charge in [0.15, 0.2) is 0 Å². The molecule has 0 fully saturated rings. The molecule has 1 amide bonds. The van der Waals surface area contributed by atoms with Crippen LogP contribution in [0.3, 0.4) is 0 Å². The molecule has 2 aromatic carbocycles. The number of hydrogen-bond acceptors (Lipinski definition) is 3. The summed E-state index contributed by atoms with van der Waals surface area (Å²) in [4.78, 5) is 14.3. The lowest BCUT2D eigenvalue weighted by Crippen LogP contribution is -2.32. The molecule has 0 atom stereocenters. The van der Waals surface area contributed by atoms with Crippen molar-refractivity contribution in [1.29, 1.82) is 0 Å². The maximum absolute atomic E-state index is 12.2. The highest BCUT2D eigenvalue weighted by atomic mass is 16.2. The fourth-order valence-corrected chi connectivity index (χ4v) is 2.80. The summed E-state index contributed by atoms with van der Waals surface area (Å²) in [5.41, 5.74) is 10.9. The monoisotopic (exact) mass is 281 g/mol. The number of rotatable bonds is 3. The summed E-state index contributed by atoms with van der Waals surface area (Å²) in [5.74, 6) is -0.0135. The molecule has 0 unspecified atom stereocenters. The number of anilines is 3. The van der Waals surface area contributed by atoms with Gasteiger partial charge >= 0.3 is 0 Å². The fraction of sp³-hybridized carbons (Fsp3) is 0.235. The van der Waals surface area contributed by atoms with E-state index in [1.807, 2.05) is 43.3 Å². The number of nitrogens with zero attached hydrogens (tertiary/aromatic N) is 1. The lowest BCUT2D eigenvalue weighted by molar-refractivity contribution is -0.115. The Morgan fingerprint density at radius 3 is 2.86 bits per heavy atom. The molecule has 1 heterocycles. The largest absolute Gasteiger partial charge is 0.397 e. The Morgan fingerprint density at radius 2 is 2.05 bits per heavy atom. The number of carbonyl (C=O) groups is 1. The molecule has 3 N–H and O–H groups in total. The zero-order valence-electron chi connectivity index (χ0n) is 12.1. The Kier molecular flexibility index (Phi) is 3.52. The van der Waals surface area contributed by atoms with E-state index in [0.717, 1.165) is 35.6 Å². The Hall–Kier alpha value is -2.49. The van der Waals surface area contributed by atoms with Gasteiger partial charge in [-0.1, -0.05) is 30.3 Å². The van der Waals surface area contributed by atoms with Gasteiger partial charge in [-0.2, -0.15) is 0 Å². The quantitative estimate of drug-likeness (QED) is 0.850. The molecule has 4 heteroatoms. The number of amides is 1. The normalized spacial score (nSPS) is 13.1. The number of benzene rings is 2. The molecule has 0 saturated heterocycles. The van der Waals surface area contributed by atoms with Gasteiger partial charge in [-0.25, -0.2) is 0 Å². The smallest absolute Gasteiger partial charge is 0.243 e. The number of hydrogen-bond donors (Lipinski definition) is 2. The lowest BCUT2D eigenvalue weighted by Gasteiger charge is -2.20. The Labute approximate surface area is 124 Å². The van der Waals surface area contributed by atoms with Crippen LogP contribution in [0.2, 0.25) is 0 Å². The van der Waals surface area contributed by atoms with Crippen LogP contribution in [0.25, 0.3) is 0 Å². The van der Waals surface area contributed by atoms with Crippen LogP contribution in [0.15, 0.2) is 42.5 Å². The first-order chi connectivity index (χ1) is 10.1. The molecular weight excluding hydrogens is 262 g/mol. The van der Waals surface area contributed by atoms with Crippen LogP contribution in [0, 0.1) is 6.92 Å². The standard InChI is InChI=1S/C17H19N3O/c1-12-5-2-3-8-15(12)19-16(21)11-20-10-9-13-6-4-7-14(18)17(13)20/h2-8H,9-11,18H2,1H3,(H,19,21). The van der Waals surface area contributed by atoms with Crippen molar-refractivity contribution in [3.8, 4) is 0 Å². The van der Waals surface area contributed by atoms with E-state index in [2.05, 4.69) is 16.3 Å². The first kappa shape index (κ1) is 13.5. The number of aryl methyl sites for hydroxylation is 1. The predicted molar refractivity (Wildman–Crippen MR) is 86.6 cm³/mol. The molecule has 108 valence electrons. The summed E-state index contributed by atoms with van der Waals surface area (Å²) in [6.45, 7) is 3.15. The van der Waals surface area contributed by atoms with Crippen molar-refractivity contribution in [2.45, 2.75) is 13.3 Å². The van der Waals surface area contributed by atoms with Crippen LogP contribution >= 0.6 is 0 Å². The SMILES string of the molecule is Cc1ccccc1NC(=O)CN1CCc2cccc(N)c21. The summed E-state index contributed by atoms with van der Waals surface area (Å²) < 4.78 is 0. The summed E-state index contributed by atoms with van der Waals surface area (Å²) in [6.07, 6.45) is 0.942. The highest BCUT2D eigenvalue weighted by Gasteiger charge is 2.23. The molecule has 0 saturated carbocycles. The molecule has 0 aliphatic carbocycles. The first-order valence-corrected chi connectivity index (χ1v) is 7.13. The molecule has 0 aromatic heterocycles. The predicted octanol–water partition coefficient (Wildman–Crippen LogP) is 2.58. The number of fused-ring (bicyclic) bond motifs is 1. The zero-order chi connectivity index (χ0) is 14.8. The van der Waals surface area contributed by atoms with Crippen molar-refractivity contribution in [2.75, 3.05) is 29.0 Å². The highest BCUT2D eigenvalue weighted by Crippen LogP contribution is 2.33. The van der Waals surface area contributed by atoms with E-state index >= 15 is 0 Å². The van der Waals surface area contributed by atoms with Crippen molar-refractivity contribution in [2.24, 2.45) is 0 Å². The van der Waals surface area contributed by atoms with E-state index in [0.29, 0.717) is 6.54 Å². The molecule has 0 radical (unpaired) electrons. The average molecular weight is 281 g/mol. The first-order valence-electron chi connectivity index (χ1n) is 7.13. The van der Waals surface area contributed by atoms with E-state index in [1.165, 1.54) is 5.56 Å². The Morgan fingerprint density at radius 1 is 1.24 bits per heavy atom. The molecule has 1 aliphatic rings. The van der Waals surface area contributed by atoms with Gasteiger partial charge in [-0.05, 0) is 36.6 Å². The second kappa shape index (κ2) is 5.48. The molecule has 1 aliphatic heterocycles. The maximum Gasteiger partial charge on any atom is 0.243 e. The van der Waals surface area contributed by atoms with Crippen molar-refractivity contribution in [3.63, 3.8) is 0 Å². The molecule has 0 spiro atoms. The van der Waals surface area contributed by atoms with Gasteiger partial charge in [0.05, 0.1) is 17.9 Å². The minimum atomic E-state index is -0.0135. The molecule has 3 rings (SSSR count). The van der Waals surface area contributed by atoms with Crippen LogP contribution in [-0.4, -0.2) is 19.0 Å². The number of carbonyl (C=O) groups excluding carboxylic acids is 1. The van der Waals surface area contributed by atoms with Crippen LogP contribution in [0.5, 0.6) is 0 Å². The van der Waals surface area contributed by atoms with Gasteiger partial charge in [0.25, 0.3) is 0 Å². The summed E-state index contributed by atoms with van der Waals surface area (Å²) in [6, 6.07) is 13.7. The lowest BCUT2D eigenvalue weighted by atomic mass is 10.1. The average Bonchev–Trinajstić information content (AvgIpc) is 2.86. The van der Waals surface area contributed by atoms with Crippen LogP contribution in [0.4, 0.5) is 17.1 Å². The maximum atomic E-state index is 12.2. The van der Waals surface area contributed by atoms with Gasteiger partial charge in [0.1, 0.15) is 0 Å². The number of para-hydroxylation sites is 2. The number of nitrogens with one attached hydrogen (secondary N) is 1. The third kappa shape index (κ3) is 2.70. The van der Waals surface area contributed by atoms with Crippen molar-refractivity contribution < 1.29 is 4.79 Å². The van der Waals surface area contributed by atoms with Gasteiger partial charge in [0, 0.05) is 12.2 Å².